The third kappa shape index (κ3) is 4.67. The molecule has 1 aliphatic carbocycles. The van der Waals surface area contributed by atoms with Gasteiger partial charge in [-0.15, -0.1) is 11.3 Å². The molecule has 0 N–H and O–H groups in total. The monoisotopic (exact) mass is 718 g/mol. The van der Waals surface area contributed by atoms with E-state index in [0.717, 1.165) is 12.8 Å². The highest BCUT2D eigenvalue weighted by Crippen LogP contribution is 2.42. The Morgan fingerprint density at radius 2 is 1.04 bits per heavy atom. The van der Waals surface area contributed by atoms with Gasteiger partial charge in [-0.05, 0) is 124 Å². The SMILES string of the molecule is C1=Cc2sc3cccc(-c4ccc(-n5c6ccccc6c6cc(-c7ccc8c(c7)c7ccccc7n8-c7ccc8ccccc8c7)ccc65)cc4)c3c2CC1. The first-order valence-corrected chi connectivity index (χ1v) is 20.0. The van der Waals surface area contributed by atoms with Gasteiger partial charge in [0.25, 0.3) is 0 Å². The van der Waals surface area contributed by atoms with E-state index in [9.17, 15) is 0 Å². The maximum Gasteiger partial charge on any atom is 0.0541 e. The van der Waals surface area contributed by atoms with Crippen LogP contribution in [0, 0.1) is 0 Å². The number of aryl methyl sites for hydroxylation is 1. The molecule has 2 nitrogen and oxygen atoms in total. The van der Waals surface area contributed by atoms with Crippen molar-refractivity contribution in [2.45, 2.75) is 12.8 Å². The summed E-state index contributed by atoms with van der Waals surface area (Å²) in [6.07, 6.45) is 6.86. The van der Waals surface area contributed by atoms with Crippen molar-refractivity contribution in [2.75, 3.05) is 0 Å². The second-order valence-corrected chi connectivity index (χ2v) is 15.9. The minimum Gasteiger partial charge on any atom is -0.309 e. The lowest BCUT2D eigenvalue weighted by molar-refractivity contribution is 1.01. The summed E-state index contributed by atoms with van der Waals surface area (Å²) in [6, 6.07) is 63.0. The van der Waals surface area contributed by atoms with Crippen molar-refractivity contribution in [1.29, 1.82) is 0 Å². The molecule has 12 rings (SSSR count). The standard InChI is InChI=1S/C52H34N2S/c1-2-11-35-30-39(27-20-33(35)10-1)54-47-17-7-4-13-42(47)45-32-37(24-29-49(45)54)36-23-28-48-44(31-36)41-12-3-6-16-46(41)53(48)38-25-21-34(22-26-38)40-15-9-19-51-52(40)43-14-5-8-18-50(43)55-51/h1-4,6-13,15-32H,5,14H2. The van der Waals surface area contributed by atoms with Crippen molar-refractivity contribution in [3.8, 4) is 33.6 Å². The molecule has 0 saturated heterocycles. The van der Waals surface area contributed by atoms with Crippen molar-refractivity contribution in [3.05, 3.63) is 186 Å². The molecule has 258 valence electrons. The molecule has 55 heavy (non-hydrogen) atoms. The van der Waals surface area contributed by atoms with E-state index >= 15 is 0 Å². The third-order valence-electron chi connectivity index (χ3n) is 11.8. The second kappa shape index (κ2) is 11.9. The number of hydrogen-bond acceptors (Lipinski definition) is 1. The summed E-state index contributed by atoms with van der Waals surface area (Å²) in [5.41, 5.74) is 13.8. The van der Waals surface area contributed by atoms with Crippen LogP contribution in [0.25, 0.3) is 104 Å². The van der Waals surface area contributed by atoms with Gasteiger partial charge in [0.1, 0.15) is 0 Å². The summed E-state index contributed by atoms with van der Waals surface area (Å²) in [6.45, 7) is 0. The minimum atomic E-state index is 1.12. The first kappa shape index (κ1) is 30.7. The number of aromatic nitrogens is 2. The zero-order chi connectivity index (χ0) is 36.0. The highest BCUT2D eigenvalue weighted by molar-refractivity contribution is 7.20. The topological polar surface area (TPSA) is 9.86 Å². The van der Waals surface area contributed by atoms with Crippen molar-refractivity contribution in [1.82, 2.24) is 9.13 Å². The van der Waals surface area contributed by atoms with E-state index < -0.39 is 0 Å². The fourth-order valence-electron chi connectivity index (χ4n) is 9.24. The molecule has 3 heterocycles. The van der Waals surface area contributed by atoms with E-state index in [1.54, 1.807) is 0 Å². The molecule has 8 aromatic carbocycles. The van der Waals surface area contributed by atoms with Crippen LogP contribution in [0.5, 0.6) is 0 Å². The van der Waals surface area contributed by atoms with Crippen LogP contribution in [0.3, 0.4) is 0 Å². The Balaban J connectivity index is 0.972. The van der Waals surface area contributed by atoms with Crippen LogP contribution >= 0.6 is 11.3 Å². The zero-order valence-corrected chi connectivity index (χ0v) is 30.9. The number of hydrogen-bond donors (Lipinski definition) is 0. The number of nitrogens with zero attached hydrogens (tertiary/aromatic N) is 2. The largest absolute Gasteiger partial charge is 0.309 e. The second-order valence-electron chi connectivity index (χ2n) is 14.8. The summed E-state index contributed by atoms with van der Waals surface area (Å²) in [7, 11) is 0. The number of allylic oxidation sites excluding steroid dienone is 1. The van der Waals surface area contributed by atoms with Crippen LogP contribution in [0.1, 0.15) is 16.9 Å². The van der Waals surface area contributed by atoms with Gasteiger partial charge >= 0.3 is 0 Å². The van der Waals surface area contributed by atoms with E-state index in [1.807, 2.05) is 11.3 Å². The molecular weight excluding hydrogens is 685 g/mol. The summed E-state index contributed by atoms with van der Waals surface area (Å²) in [5, 5.41) is 8.99. The molecule has 0 bridgehead atoms. The van der Waals surface area contributed by atoms with Crippen LogP contribution < -0.4 is 0 Å². The Labute approximate surface area is 322 Å². The molecule has 0 unspecified atom stereocenters. The fraction of sp³-hybridized carbons (Fsp3) is 0.0385. The van der Waals surface area contributed by atoms with E-state index in [1.165, 1.54) is 109 Å². The smallest absolute Gasteiger partial charge is 0.0541 e. The molecule has 0 atom stereocenters. The maximum absolute atomic E-state index is 2.43. The lowest BCUT2D eigenvalue weighted by Crippen LogP contribution is -1.94. The molecule has 0 spiro atoms. The predicted octanol–water partition coefficient (Wildman–Crippen LogP) is 14.5. The Bertz CT molecular complexity index is 3370. The normalized spacial score (nSPS) is 12.9. The van der Waals surface area contributed by atoms with Gasteiger partial charge < -0.3 is 9.13 Å². The minimum absolute atomic E-state index is 1.12. The lowest BCUT2D eigenvalue weighted by Gasteiger charge is -2.12. The van der Waals surface area contributed by atoms with Crippen LogP contribution in [0.4, 0.5) is 0 Å². The summed E-state index contributed by atoms with van der Waals surface area (Å²) >= 11 is 1.92. The first-order chi connectivity index (χ1) is 27.3. The number of rotatable bonds is 4. The van der Waals surface area contributed by atoms with E-state index in [4.69, 9.17) is 0 Å². The van der Waals surface area contributed by atoms with Gasteiger partial charge in [0, 0.05) is 47.9 Å². The zero-order valence-electron chi connectivity index (χ0n) is 30.0. The quantitative estimate of drug-likeness (QED) is 0.171. The van der Waals surface area contributed by atoms with Gasteiger partial charge in [-0.25, -0.2) is 0 Å². The van der Waals surface area contributed by atoms with E-state index in [2.05, 4.69) is 191 Å². The van der Waals surface area contributed by atoms with Gasteiger partial charge in [0.15, 0.2) is 0 Å². The molecule has 0 radical (unpaired) electrons. The Morgan fingerprint density at radius 3 is 1.76 bits per heavy atom. The molecule has 3 heteroatoms. The lowest BCUT2D eigenvalue weighted by atomic mass is 9.94. The van der Waals surface area contributed by atoms with Crippen LogP contribution in [-0.2, 0) is 6.42 Å². The Kier molecular flexibility index (Phi) is 6.66. The van der Waals surface area contributed by atoms with Crippen molar-refractivity contribution in [3.63, 3.8) is 0 Å². The number of fused-ring (bicyclic) bond motifs is 10. The van der Waals surface area contributed by atoms with E-state index in [-0.39, 0.29) is 0 Å². The molecular formula is C52H34N2S. The number of para-hydroxylation sites is 2. The van der Waals surface area contributed by atoms with Crippen LogP contribution in [-0.4, -0.2) is 9.13 Å². The molecule has 0 saturated carbocycles. The summed E-state index contributed by atoms with van der Waals surface area (Å²) < 4.78 is 6.22. The average Bonchev–Trinajstić information content (AvgIpc) is 3.91. The molecule has 0 amide bonds. The molecule has 3 aromatic heterocycles. The van der Waals surface area contributed by atoms with Crippen molar-refractivity contribution >= 4 is 81.9 Å². The molecule has 11 aromatic rings. The summed E-state index contributed by atoms with van der Waals surface area (Å²) in [4.78, 5) is 1.42. The predicted molar refractivity (Wildman–Crippen MR) is 236 cm³/mol. The molecule has 0 aliphatic heterocycles. The third-order valence-corrected chi connectivity index (χ3v) is 12.9. The first-order valence-electron chi connectivity index (χ1n) is 19.1. The van der Waals surface area contributed by atoms with Crippen LogP contribution in [0.15, 0.2) is 176 Å². The van der Waals surface area contributed by atoms with Crippen LogP contribution in [0.2, 0.25) is 0 Å². The molecule has 0 fully saturated rings. The van der Waals surface area contributed by atoms with E-state index in [0.29, 0.717) is 0 Å². The van der Waals surface area contributed by atoms with Gasteiger partial charge in [-0.3, -0.25) is 0 Å². The summed E-state index contributed by atoms with van der Waals surface area (Å²) in [5.74, 6) is 0. The van der Waals surface area contributed by atoms with Gasteiger partial charge in [-0.2, -0.15) is 0 Å². The van der Waals surface area contributed by atoms with Crippen molar-refractivity contribution in [2.24, 2.45) is 0 Å². The average molecular weight is 719 g/mol. The Hall–Kier alpha value is -6.68. The van der Waals surface area contributed by atoms with Crippen molar-refractivity contribution < 1.29 is 0 Å². The highest BCUT2D eigenvalue weighted by Gasteiger charge is 2.19. The molecule has 1 aliphatic rings. The Morgan fingerprint density at radius 1 is 0.436 bits per heavy atom. The maximum atomic E-state index is 2.43. The van der Waals surface area contributed by atoms with Gasteiger partial charge in [-0.1, -0.05) is 109 Å². The number of thiophene rings is 1. The number of benzene rings is 8. The van der Waals surface area contributed by atoms with Gasteiger partial charge in [0.05, 0.1) is 22.1 Å². The van der Waals surface area contributed by atoms with Gasteiger partial charge in [0.2, 0.25) is 0 Å². The fourth-order valence-corrected chi connectivity index (χ4v) is 10.4. The highest BCUT2D eigenvalue weighted by atomic mass is 32.1.